The van der Waals surface area contributed by atoms with E-state index in [0.717, 1.165) is 0 Å². The minimum atomic E-state index is 1.18. The fraction of sp³-hybridized carbons (Fsp3) is 0.125. The molecule has 0 amide bonds. The Morgan fingerprint density at radius 1 is 0.882 bits per heavy atom. The molecule has 4 rings (SSSR count). The zero-order valence-corrected chi connectivity index (χ0v) is 10.3. The molecule has 0 unspecified atom stereocenters. The summed E-state index contributed by atoms with van der Waals surface area (Å²) in [6.45, 7) is 0. The van der Waals surface area contributed by atoms with Gasteiger partial charge in [0.1, 0.15) is 0 Å². The first kappa shape index (κ1) is 9.43. The van der Waals surface area contributed by atoms with Crippen LogP contribution in [0.25, 0.3) is 33.0 Å². The maximum absolute atomic E-state index is 2.40. The Balaban J connectivity index is 2.38. The molecule has 0 bridgehead atoms. The van der Waals surface area contributed by atoms with Crippen LogP contribution >= 0.6 is 11.3 Å². The highest BCUT2D eigenvalue weighted by atomic mass is 32.1. The molecule has 0 spiro atoms. The summed E-state index contributed by atoms with van der Waals surface area (Å²) in [5.41, 5.74) is 0. The highest BCUT2D eigenvalue weighted by Crippen LogP contribution is 2.24. The Bertz CT molecular complexity index is 837. The van der Waals surface area contributed by atoms with Crippen LogP contribution in [0.4, 0.5) is 0 Å². The number of fused-ring (bicyclic) bond motifs is 5. The van der Waals surface area contributed by atoms with Crippen molar-refractivity contribution in [1.29, 1.82) is 0 Å². The van der Waals surface area contributed by atoms with Gasteiger partial charge in [0, 0.05) is 14.6 Å². The van der Waals surface area contributed by atoms with Crippen LogP contribution in [0.1, 0.15) is 12.8 Å². The first-order chi connectivity index (χ1) is 8.43. The van der Waals surface area contributed by atoms with Gasteiger partial charge in [-0.2, -0.15) is 0 Å². The lowest BCUT2D eigenvalue weighted by atomic mass is 10.0. The van der Waals surface area contributed by atoms with Crippen molar-refractivity contribution in [3.63, 3.8) is 0 Å². The number of thiophene rings is 1. The minimum absolute atomic E-state index is 1.18. The quantitative estimate of drug-likeness (QED) is 0.561. The van der Waals surface area contributed by atoms with Crippen molar-refractivity contribution in [1.82, 2.24) is 0 Å². The van der Waals surface area contributed by atoms with E-state index in [1.807, 2.05) is 11.3 Å². The Kier molecular flexibility index (Phi) is 1.91. The van der Waals surface area contributed by atoms with Crippen molar-refractivity contribution in [2.24, 2.45) is 0 Å². The van der Waals surface area contributed by atoms with Crippen LogP contribution in [0.15, 0.2) is 36.4 Å². The molecular formula is C16H12S. The Hall–Kier alpha value is -1.60. The average molecular weight is 236 g/mol. The fourth-order valence-corrected chi connectivity index (χ4v) is 3.90. The number of hydrogen-bond donors (Lipinski definition) is 0. The summed E-state index contributed by atoms with van der Waals surface area (Å²) in [6, 6.07) is 13.2. The third kappa shape index (κ3) is 1.29. The summed E-state index contributed by atoms with van der Waals surface area (Å²) >= 11 is 1.93. The molecule has 2 aromatic carbocycles. The van der Waals surface area contributed by atoms with Crippen LogP contribution in [0.5, 0.6) is 0 Å². The van der Waals surface area contributed by atoms with E-state index >= 15 is 0 Å². The van der Waals surface area contributed by atoms with Crippen molar-refractivity contribution in [3.05, 3.63) is 46.1 Å². The van der Waals surface area contributed by atoms with Crippen molar-refractivity contribution in [2.45, 2.75) is 12.8 Å². The van der Waals surface area contributed by atoms with Gasteiger partial charge in [-0.15, -0.1) is 11.3 Å². The summed E-state index contributed by atoms with van der Waals surface area (Å²) in [5.74, 6) is 0. The fourth-order valence-electron chi connectivity index (χ4n) is 2.71. The number of benzene rings is 2. The van der Waals surface area contributed by atoms with Crippen molar-refractivity contribution >= 4 is 44.3 Å². The molecule has 1 aliphatic carbocycles. The van der Waals surface area contributed by atoms with Gasteiger partial charge in [-0.05, 0) is 34.9 Å². The van der Waals surface area contributed by atoms with Gasteiger partial charge in [0.05, 0.1) is 0 Å². The van der Waals surface area contributed by atoms with E-state index in [4.69, 9.17) is 0 Å². The van der Waals surface area contributed by atoms with E-state index in [0.29, 0.717) is 0 Å². The van der Waals surface area contributed by atoms with Gasteiger partial charge in [0.15, 0.2) is 0 Å². The molecule has 0 saturated heterocycles. The van der Waals surface area contributed by atoms with E-state index in [2.05, 4.69) is 48.6 Å². The Labute approximate surface area is 104 Å². The third-order valence-corrected chi connectivity index (χ3v) is 4.66. The molecule has 1 heteroatoms. The number of rotatable bonds is 0. The zero-order valence-electron chi connectivity index (χ0n) is 9.44. The largest absolute Gasteiger partial charge is 0.136 e. The standard InChI is InChI=1S/C16H12S/c1-2-6-12-11(5-1)9-10-15-16(12)13-7-3-4-8-14(13)17-15/h1-2,5-10H,3-4H2. The molecule has 0 radical (unpaired) electrons. The SMILES string of the molecule is C1=c2sc3ccc4ccccc4c3c2=CCC1. The minimum Gasteiger partial charge on any atom is -0.136 e. The maximum atomic E-state index is 2.40. The van der Waals surface area contributed by atoms with Crippen molar-refractivity contribution in [3.8, 4) is 0 Å². The summed E-state index contributed by atoms with van der Waals surface area (Å²) in [6.07, 6.45) is 7.16. The second-order valence-electron chi connectivity index (χ2n) is 4.53. The van der Waals surface area contributed by atoms with Gasteiger partial charge in [-0.25, -0.2) is 0 Å². The van der Waals surface area contributed by atoms with Crippen LogP contribution in [0, 0.1) is 0 Å². The lowest BCUT2D eigenvalue weighted by Crippen LogP contribution is -2.20. The second kappa shape index (κ2) is 3.44. The van der Waals surface area contributed by atoms with Gasteiger partial charge in [-0.1, -0.05) is 42.5 Å². The summed E-state index contributed by atoms with van der Waals surface area (Å²) in [5, 5.41) is 5.67. The molecule has 0 nitrogen and oxygen atoms in total. The molecule has 1 heterocycles. The maximum Gasteiger partial charge on any atom is 0.0361 e. The lowest BCUT2D eigenvalue weighted by molar-refractivity contribution is 1.13. The lowest BCUT2D eigenvalue weighted by Gasteiger charge is -2.00. The normalized spacial score (nSPS) is 14.4. The topological polar surface area (TPSA) is 0 Å². The summed E-state index contributed by atoms with van der Waals surface area (Å²) < 4.78 is 2.88. The molecule has 0 atom stereocenters. The van der Waals surface area contributed by atoms with Gasteiger partial charge in [0.2, 0.25) is 0 Å². The molecule has 3 aromatic rings. The van der Waals surface area contributed by atoms with Gasteiger partial charge < -0.3 is 0 Å². The Morgan fingerprint density at radius 2 is 1.76 bits per heavy atom. The molecule has 0 aliphatic heterocycles. The molecule has 82 valence electrons. The van der Waals surface area contributed by atoms with E-state index < -0.39 is 0 Å². The van der Waals surface area contributed by atoms with Crippen LogP contribution in [-0.2, 0) is 0 Å². The molecule has 0 N–H and O–H groups in total. The number of hydrogen-bond acceptors (Lipinski definition) is 1. The van der Waals surface area contributed by atoms with Crippen LogP contribution in [0.2, 0.25) is 0 Å². The molecule has 1 aromatic heterocycles. The smallest absolute Gasteiger partial charge is 0.0361 e. The average Bonchev–Trinajstić information content (AvgIpc) is 2.77. The predicted octanol–water partition coefficient (Wildman–Crippen LogP) is 3.41. The second-order valence-corrected chi connectivity index (χ2v) is 5.61. The van der Waals surface area contributed by atoms with Gasteiger partial charge in [0.25, 0.3) is 0 Å². The van der Waals surface area contributed by atoms with Crippen molar-refractivity contribution < 1.29 is 0 Å². The first-order valence-corrected chi connectivity index (χ1v) is 6.86. The van der Waals surface area contributed by atoms with E-state index in [1.54, 1.807) is 0 Å². The van der Waals surface area contributed by atoms with E-state index in [9.17, 15) is 0 Å². The van der Waals surface area contributed by atoms with Crippen LogP contribution < -0.4 is 9.75 Å². The van der Waals surface area contributed by atoms with Gasteiger partial charge >= 0.3 is 0 Å². The van der Waals surface area contributed by atoms with E-state index in [-0.39, 0.29) is 0 Å². The third-order valence-electron chi connectivity index (χ3n) is 3.49. The molecule has 17 heavy (non-hydrogen) atoms. The molecule has 0 saturated carbocycles. The Morgan fingerprint density at radius 3 is 2.76 bits per heavy atom. The summed E-state index contributed by atoms with van der Waals surface area (Å²) in [7, 11) is 0. The van der Waals surface area contributed by atoms with Crippen LogP contribution in [-0.4, -0.2) is 0 Å². The molecular weight excluding hydrogens is 224 g/mol. The first-order valence-electron chi connectivity index (χ1n) is 6.04. The molecule has 1 aliphatic rings. The predicted molar refractivity (Wildman–Crippen MR) is 76.7 cm³/mol. The molecule has 0 fully saturated rings. The van der Waals surface area contributed by atoms with Crippen LogP contribution in [0.3, 0.4) is 0 Å². The zero-order chi connectivity index (χ0) is 11.2. The highest BCUT2D eigenvalue weighted by molar-refractivity contribution is 7.17. The van der Waals surface area contributed by atoms with E-state index in [1.165, 1.54) is 43.5 Å². The van der Waals surface area contributed by atoms with Gasteiger partial charge in [-0.3, -0.25) is 0 Å². The monoisotopic (exact) mass is 236 g/mol. The summed E-state index contributed by atoms with van der Waals surface area (Å²) in [4.78, 5) is 0. The highest BCUT2D eigenvalue weighted by Gasteiger charge is 2.06. The van der Waals surface area contributed by atoms with Crippen molar-refractivity contribution in [2.75, 3.05) is 0 Å².